The largest absolute Gasteiger partial charge is 0.481 e. The Bertz CT molecular complexity index is 1080. The minimum absolute atomic E-state index is 0.120. The van der Waals surface area contributed by atoms with Gasteiger partial charge in [-0.1, -0.05) is 11.6 Å². The third-order valence-corrected chi connectivity index (χ3v) is 5.41. The first-order valence-electron chi connectivity index (χ1n) is 10.2. The molecular weight excluding hydrogens is 505 g/mol. The monoisotopic (exact) mass is 525 g/mol. The van der Waals surface area contributed by atoms with E-state index in [1.54, 1.807) is 0 Å². The molecule has 0 fully saturated rings. The molecule has 0 saturated carbocycles. The van der Waals surface area contributed by atoms with Gasteiger partial charge in [0.15, 0.2) is 0 Å². The number of carboxylic acid groups (broad SMARTS) is 1. The molecule has 0 aromatic heterocycles. The van der Waals surface area contributed by atoms with Crippen molar-refractivity contribution in [3.63, 3.8) is 0 Å². The van der Waals surface area contributed by atoms with Crippen molar-refractivity contribution in [3.8, 4) is 0 Å². The number of carbonyl (C=O) groups excluding carboxylic acids is 2. The van der Waals surface area contributed by atoms with E-state index in [1.165, 1.54) is 6.92 Å². The van der Waals surface area contributed by atoms with Crippen LogP contribution in [-0.4, -0.2) is 43.4 Å². The number of benzene rings is 1. The first-order valence-corrected chi connectivity index (χ1v) is 10.6. The minimum Gasteiger partial charge on any atom is -0.481 e. The molecule has 13 heteroatoms. The summed E-state index contributed by atoms with van der Waals surface area (Å²) in [6.45, 7) is -0.267. The van der Waals surface area contributed by atoms with Crippen LogP contribution in [0.2, 0.25) is 5.02 Å². The number of allylic oxidation sites excluding steroid dienone is 2. The molecule has 0 bridgehead atoms. The topological polar surface area (TPSA) is 102 Å². The maximum absolute atomic E-state index is 15.1. The molecule has 0 unspecified atom stereocenters. The Morgan fingerprint density at radius 1 is 1.14 bits per heavy atom. The van der Waals surface area contributed by atoms with Gasteiger partial charge in [0.05, 0.1) is 47.1 Å². The molecule has 1 aromatic rings. The Morgan fingerprint density at radius 2 is 1.77 bits per heavy atom. The Labute approximate surface area is 201 Å². The number of dihydropyridines is 1. The summed E-state index contributed by atoms with van der Waals surface area (Å²) in [6, 6.07) is 1.27. The predicted octanol–water partition coefficient (Wildman–Crippen LogP) is 4.65. The van der Waals surface area contributed by atoms with Gasteiger partial charge in [0.2, 0.25) is 0 Å². The van der Waals surface area contributed by atoms with E-state index in [9.17, 15) is 31.9 Å². The van der Waals surface area contributed by atoms with Crippen molar-refractivity contribution >= 4 is 29.5 Å². The standard InChI is InChI=1S/C22H21ClF5NO6/c1-3-35-21(33)16-12(5-4-6-14(30)31)29-13(9-24)17(20(32)34-2)18(16)15-11(25)8-7-10(23)19(15)22(26,27)28/h7-8,18,29H,3-6,9H2,1-2H3,(H,30,31)/t18-/m0/s1. The molecule has 2 rings (SSSR count). The van der Waals surface area contributed by atoms with E-state index in [2.05, 4.69) is 10.1 Å². The van der Waals surface area contributed by atoms with Crippen LogP contribution < -0.4 is 5.32 Å². The number of hydrogen-bond donors (Lipinski definition) is 2. The van der Waals surface area contributed by atoms with Crippen molar-refractivity contribution in [2.24, 2.45) is 0 Å². The summed E-state index contributed by atoms with van der Waals surface area (Å²) in [5.41, 5.74) is -5.07. The normalized spacial score (nSPS) is 16.2. The van der Waals surface area contributed by atoms with Crippen LogP contribution in [0, 0.1) is 5.82 Å². The molecule has 1 aliphatic heterocycles. The molecule has 1 heterocycles. The quantitative estimate of drug-likeness (QED) is 0.357. The fraction of sp³-hybridized carbons (Fsp3) is 0.409. The van der Waals surface area contributed by atoms with E-state index in [0.717, 1.165) is 7.11 Å². The van der Waals surface area contributed by atoms with Gasteiger partial charge in [-0.2, -0.15) is 13.2 Å². The molecule has 1 atom stereocenters. The number of aliphatic carboxylic acids is 1. The maximum Gasteiger partial charge on any atom is 0.418 e. The highest BCUT2D eigenvalue weighted by atomic mass is 35.5. The van der Waals surface area contributed by atoms with Gasteiger partial charge in [0.25, 0.3) is 0 Å². The van der Waals surface area contributed by atoms with Crippen LogP contribution in [0.25, 0.3) is 0 Å². The lowest BCUT2D eigenvalue weighted by Gasteiger charge is -2.33. The van der Waals surface area contributed by atoms with Crippen LogP contribution in [0.5, 0.6) is 0 Å². The number of nitrogens with one attached hydrogen (secondary N) is 1. The number of ether oxygens (including phenoxy) is 2. The zero-order valence-corrected chi connectivity index (χ0v) is 19.3. The zero-order valence-electron chi connectivity index (χ0n) is 18.5. The van der Waals surface area contributed by atoms with Gasteiger partial charge in [0, 0.05) is 17.7 Å². The second-order valence-corrected chi connectivity index (χ2v) is 7.66. The van der Waals surface area contributed by atoms with Crippen LogP contribution in [0.3, 0.4) is 0 Å². The summed E-state index contributed by atoms with van der Waals surface area (Å²) in [6.07, 6.45) is -6.02. The number of hydrogen-bond acceptors (Lipinski definition) is 6. The highest BCUT2D eigenvalue weighted by Gasteiger charge is 2.47. The van der Waals surface area contributed by atoms with Crippen molar-refractivity contribution in [2.75, 3.05) is 20.4 Å². The molecule has 35 heavy (non-hydrogen) atoms. The Kier molecular flexibility index (Phi) is 9.24. The summed E-state index contributed by atoms with van der Waals surface area (Å²) in [7, 11) is 0.872. The molecule has 0 amide bonds. The SMILES string of the molecule is CCOC(=O)C1=C(CCCC(=O)O)NC(CF)=C(C(=O)OC)[C@H]1c1c(F)ccc(Cl)c1C(F)(F)F. The average Bonchev–Trinajstić information content (AvgIpc) is 2.78. The van der Waals surface area contributed by atoms with Gasteiger partial charge in [-0.25, -0.2) is 18.4 Å². The van der Waals surface area contributed by atoms with Crippen molar-refractivity contribution in [3.05, 3.63) is 56.6 Å². The molecule has 7 nitrogen and oxygen atoms in total. The van der Waals surface area contributed by atoms with Gasteiger partial charge in [0.1, 0.15) is 12.5 Å². The van der Waals surface area contributed by atoms with E-state index < -0.39 is 81.9 Å². The number of methoxy groups -OCH3 is 1. The first kappa shape index (κ1) is 28.1. The van der Waals surface area contributed by atoms with Gasteiger partial charge < -0.3 is 19.9 Å². The third-order valence-electron chi connectivity index (χ3n) is 5.09. The maximum atomic E-state index is 15.1. The lowest BCUT2D eigenvalue weighted by Crippen LogP contribution is -2.36. The van der Waals surface area contributed by atoms with Gasteiger partial charge in [-0.3, -0.25) is 4.79 Å². The summed E-state index contributed by atoms with van der Waals surface area (Å²) in [5, 5.41) is 10.5. The summed E-state index contributed by atoms with van der Waals surface area (Å²) >= 11 is 5.77. The Morgan fingerprint density at radius 3 is 2.29 bits per heavy atom. The summed E-state index contributed by atoms with van der Waals surface area (Å²) in [4.78, 5) is 36.5. The second-order valence-electron chi connectivity index (χ2n) is 7.25. The fourth-order valence-electron chi connectivity index (χ4n) is 3.76. The number of halogens is 6. The Balaban J connectivity index is 2.98. The van der Waals surface area contributed by atoms with Crippen LogP contribution in [0.4, 0.5) is 22.0 Å². The lowest BCUT2D eigenvalue weighted by molar-refractivity contribution is -0.141. The van der Waals surface area contributed by atoms with E-state index in [1.807, 2.05) is 0 Å². The summed E-state index contributed by atoms with van der Waals surface area (Å²) < 4.78 is 80.8. The molecule has 1 aromatic carbocycles. The van der Waals surface area contributed by atoms with Crippen molar-refractivity contribution in [1.82, 2.24) is 5.32 Å². The van der Waals surface area contributed by atoms with Crippen LogP contribution in [-0.2, 0) is 30.0 Å². The number of carboxylic acids is 1. The molecule has 192 valence electrons. The van der Waals surface area contributed by atoms with Crippen LogP contribution in [0.1, 0.15) is 43.2 Å². The highest BCUT2D eigenvalue weighted by Crippen LogP contribution is 2.48. The molecule has 0 aliphatic carbocycles. The lowest BCUT2D eigenvalue weighted by atomic mass is 9.77. The second kappa shape index (κ2) is 11.5. The van der Waals surface area contributed by atoms with E-state index >= 15 is 4.39 Å². The number of rotatable bonds is 9. The number of alkyl halides is 4. The molecule has 0 radical (unpaired) electrons. The fourth-order valence-corrected chi connectivity index (χ4v) is 4.03. The molecular formula is C22H21ClF5NO6. The van der Waals surface area contributed by atoms with E-state index in [4.69, 9.17) is 21.4 Å². The third kappa shape index (κ3) is 6.11. The average molecular weight is 526 g/mol. The van der Waals surface area contributed by atoms with Crippen molar-refractivity contribution < 1.29 is 50.9 Å². The molecule has 1 aliphatic rings. The van der Waals surface area contributed by atoms with Crippen molar-refractivity contribution in [1.29, 1.82) is 0 Å². The van der Waals surface area contributed by atoms with E-state index in [-0.39, 0.29) is 25.1 Å². The molecule has 0 spiro atoms. The smallest absolute Gasteiger partial charge is 0.418 e. The Hall–Kier alpha value is -3.15. The molecule has 2 N–H and O–H groups in total. The molecule has 0 saturated heterocycles. The van der Waals surface area contributed by atoms with Gasteiger partial charge in [-0.15, -0.1) is 0 Å². The van der Waals surface area contributed by atoms with Gasteiger partial charge in [-0.05, 0) is 31.9 Å². The van der Waals surface area contributed by atoms with Crippen LogP contribution in [0.15, 0.2) is 34.7 Å². The predicted molar refractivity (Wildman–Crippen MR) is 112 cm³/mol. The zero-order chi connectivity index (χ0) is 26.5. The minimum atomic E-state index is -5.24. The van der Waals surface area contributed by atoms with E-state index in [0.29, 0.717) is 12.1 Å². The summed E-state index contributed by atoms with van der Waals surface area (Å²) in [5.74, 6) is -7.34. The van der Waals surface area contributed by atoms with Gasteiger partial charge >= 0.3 is 24.1 Å². The first-order chi connectivity index (χ1) is 16.4. The van der Waals surface area contributed by atoms with Crippen molar-refractivity contribution in [2.45, 2.75) is 38.3 Å². The highest BCUT2D eigenvalue weighted by molar-refractivity contribution is 6.31. The van der Waals surface area contributed by atoms with Crippen LogP contribution >= 0.6 is 11.6 Å². The number of esters is 2. The number of carbonyl (C=O) groups is 3.